The van der Waals surface area contributed by atoms with Gasteiger partial charge >= 0.3 is 0 Å². The van der Waals surface area contributed by atoms with E-state index < -0.39 is 0 Å². The van der Waals surface area contributed by atoms with E-state index in [0.717, 1.165) is 32.7 Å². The fourth-order valence-electron chi connectivity index (χ4n) is 2.15. The van der Waals surface area contributed by atoms with Crippen molar-refractivity contribution in [3.63, 3.8) is 0 Å². The van der Waals surface area contributed by atoms with Gasteiger partial charge in [-0.1, -0.05) is 6.92 Å². The molecule has 2 N–H and O–H groups in total. The van der Waals surface area contributed by atoms with Crippen molar-refractivity contribution in [2.45, 2.75) is 31.8 Å². The van der Waals surface area contributed by atoms with Crippen molar-refractivity contribution in [1.29, 1.82) is 0 Å². The molecule has 90 valence electrons. The highest BCUT2D eigenvalue weighted by Gasteiger charge is 2.36. The van der Waals surface area contributed by atoms with Crippen LogP contribution in [0.15, 0.2) is 0 Å². The SMILES string of the molecule is CCC(C)(C(N)COC)N1CCOCC1. The molecular formula is C11H24N2O2. The summed E-state index contributed by atoms with van der Waals surface area (Å²) in [7, 11) is 1.70. The van der Waals surface area contributed by atoms with Gasteiger partial charge in [0.15, 0.2) is 0 Å². The van der Waals surface area contributed by atoms with Crippen molar-refractivity contribution in [3.8, 4) is 0 Å². The third-order valence-corrected chi connectivity index (χ3v) is 3.59. The molecule has 2 atom stereocenters. The monoisotopic (exact) mass is 216 g/mol. The smallest absolute Gasteiger partial charge is 0.0631 e. The highest BCUT2D eigenvalue weighted by molar-refractivity contribution is 4.95. The molecule has 1 saturated heterocycles. The van der Waals surface area contributed by atoms with Gasteiger partial charge in [0.25, 0.3) is 0 Å². The molecule has 0 aromatic carbocycles. The van der Waals surface area contributed by atoms with Gasteiger partial charge in [-0.15, -0.1) is 0 Å². The Morgan fingerprint density at radius 3 is 2.53 bits per heavy atom. The maximum absolute atomic E-state index is 6.20. The maximum Gasteiger partial charge on any atom is 0.0631 e. The van der Waals surface area contributed by atoms with Crippen LogP contribution in [0.1, 0.15) is 20.3 Å². The largest absolute Gasteiger partial charge is 0.383 e. The Balaban J connectivity index is 2.63. The molecule has 4 nitrogen and oxygen atoms in total. The molecular weight excluding hydrogens is 192 g/mol. The predicted octanol–water partition coefficient (Wildman–Crippen LogP) is 0.461. The van der Waals surface area contributed by atoms with Crippen LogP contribution in [0.5, 0.6) is 0 Å². The second kappa shape index (κ2) is 5.80. The zero-order valence-electron chi connectivity index (χ0n) is 10.2. The number of nitrogens with two attached hydrogens (primary N) is 1. The summed E-state index contributed by atoms with van der Waals surface area (Å²) in [5, 5.41) is 0. The Hall–Kier alpha value is -0.160. The summed E-state index contributed by atoms with van der Waals surface area (Å²) >= 11 is 0. The Morgan fingerprint density at radius 1 is 1.47 bits per heavy atom. The molecule has 1 rings (SSSR count). The highest BCUT2D eigenvalue weighted by atomic mass is 16.5. The van der Waals surface area contributed by atoms with Crippen LogP contribution >= 0.6 is 0 Å². The number of morpholine rings is 1. The average molecular weight is 216 g/mol. The first-order chi connectivity index (χ1) is 7.15. The van der Waals surface area contributed by atoms with Crippen LogP contribution in [-0.2, 0) is 9.47 Å². The molecule has 0 amide bonds. The number of nitrogens with zero attached hydrogens (tertiary/aromatic N) is 1. The van der Waals surface area contributed by atoms with Crippen molar-refractivity contribution in [1.82, 2.24) is 4.90 Å². The molecule has 2 unspecified atom stereocenters. The molecule has 0 bridgehead atoms. The van der Waals surface area contributed by atoms with Crippen LogP contribution in [0.2, 0.25) is 0 Å². The first kappa shape index (κ1) is 12.9. The number of methoxy groups -OCH3 is 1. The molecule has 0 aromatic rings. The number of ether oxygens (including phenoxy) is 2. The van der Waals surface area contributed by atoms with Gasteiger partial charge in [0.05, 0.1) is 19.8 Å². The lowest BCUT2D eigenvalue weighted by Gasteiger charge is -2.46. The average Bonchev–Trinajstić information content (AvgIpc) is 2.29. The molecule has 0 spiro atoms. The Morgan fingerprint density at radius 2 is 2.07 bits per heavy atom. The van der Waals surface area contributed by atoms with E-state index in [9.17, 15) is 0 Å². The molecule has 1 aliphatic heterocycles. The second-order valence-electron chi connectivity index (χ2n) is 4.37. The van der Waals surface area contributed by atoms with Gasteiger partial charge in [-0.2, -0.15) is 0 Å². The third kappa shape index (κ3) is 2.91. The number of hydrogen-bond acceptors (Lipinski definition) is 4. The van der Waals surface area contributed by atoms with E-state index in [4.69, 9.17) is 15.2 Å². The van der Waals surface area contributed by atoms with Crippen molar-refractivity contribution in [3.05, 3.63) is 0 Å². The first-order valence-corrected chi connectivity index (χ1v) is 5.72. The second-order valence-corrected chi connectivity index (χ2v) is 4.37. The van der Waals surface area contributed by atoms with Crippen LogP contribution in [0.25, 0.3) is 0 Å². The summed E-state index contributed by atoms with van der Waals surface area (Å²) < 4.78 is 10.5. The fourth-order valence-corrected chi connectivity index (χ4v) is 2.15. The zero-order valence-corrected chi connectivity index (χ0v) is 10.2. The molecule has 0 aliphatic carbocycles. The summed E-state index contributed by atoms with van der Waals surface area (Å²) in [5.74, 6) is 0. The minimum absolute atomic E-state index is 0.0276. The van der Waals surface area contributed by atoms with E-state index in [1.165, 1.54) is 0 Å². The first-order valence-electron chi connectivity index (χ1n) is 5.72. The van der Waals surface area contributed by atoms with E-state index in [1.54, 1.807) is 7.11 Å². The summed E-state index contributed by atoms with van der Waals surface area (Å²) in [6.07, 6.45) is 1.04. The van der Waals surface area contributed by atoms with Crippen LogP contribution in [0.3, 0.4) is 0 Å². The lowest BCUT2D eigenvalue weighted by atomic mass is 9.88. The van der Waals surface area contributed by atoms with Crippen molar-refractivity contribution in [2.75, 3.05) is 40.0 Å². The lowest BCUT2D eigenvalue weighted by Crippen LogP contribution is -2.61. The Labute approximate surface area is 92.7 Å². The molecule has 4 heteroatoms. The standard InChI is InChI=1S/C11H24N2O2/c1-4-11(2,10(12)9-14-3)13-5-7-15-8-6-13/h10H,4-9,12H2,1-3H3. The van der Waals surface area contributed by atoms with Gasteiger partial charge in [0, 0.05) is 31.8 Å². The van der Waals surface area contributed by atoms with Gasteiger partial charge in [-0.25, -0.2) is 0 Å². The third-order valence-electron chi connectivity index (χ3n) is 3.59. The van der Waals surface area contributed by atoms with E-state index in [2.05, 4.69) is 18.7 Å². The van der Waals surface area contributed by atoms with E-state index in [1.807, 2.05) is 0 Å². The minimum atomic E-state index is 0.0276. The molecule has 1 fully saturated rings. The summed E-state index contributed by atoms with van der Waals surface area (Å²) in [6, 6.07) is 0.0607. The van der Waals surface area contributed by atoms with Crippen molar-refractivity contribution < 1.29 is 9.47 Å². The molecule has 1 heterocycles. The van der Waals surface area contributed by atoms with Crippen LogP contribution in [-0.4, -0.2) is 56.5 Å². The summed E-state index contributed by atoms with van der Waals surface area (Å²) in [6.45, 7) is 8.60. The number of rotatable bonds is 5. The topological polar surface area (TPSA) is 47.7 Å². The minimum Gasteiger partial charge on any atom is -0.383 e. The zero-order chi connectivity index (χ0) is 11.3. The van der Waals surface area contributed by atoms with E-state index in [-0.39, 0.29) is 11.6 Å². The summed E-state index contributed by atoms with van der Waals surface area (Å²) in [5.41, 5.74) is 6.22. The van der Waals surface area contributed by atoms with Gasteiger partial charge in [0.1, 0.15) is 0 Å². The van der Waals surface area contributed by atoms with Crippen LogP contribution in [0.4, 0.5) is 0 Å². The lowest BCUT2D eigenvalue weighted by molar-refractivity contribution is -0.0365. The molecule has 0 saturated carbocycles. The summed E-state index contributed by atoms with van der Waals surface area (Å²) in [4.78, 5) is 2.43. The molecule has 1 aliphatic rings. The Kier molecular flexibility index (Phi) is 4.99. The van der Waals surface area contributed by atoms with Crippen LogP contribution < -0.4 is 5.73 Å². The predicted molar refractivity (Wildman–Crippen MR) is 60.9 cm³/mol. The Bertz CT molecular complexity index is 183. The van der Waals surface area contributed by atoms with E-state index >= 15 is 0 Å². The molecule has 0 radical (unpaired) electrons. The van der Waals surface area contributed by atoms with E-state index in [0.29, 0.717) is 6.61 Å². The van der Waals surface area contributed by atoms with Crippen LogP contribution in [0, 0.1) is 0 Å². The van der Waals surface area contributed by atoms with Crippen molar-refractivity contribution in [2.24, 2.45) is 5.73 Å². The van der Waals surface area contributed by atoms with Crippen molar-refractivity contribution >= 4 is 0 Å². The van der Waals surface area contributed by atoms with Gasteiger partial charge in [-0.3, -0.25) is 4.90 Å². The highest BCUT2D eigenvalue weighted by Crippen LogP contribution is 2.23. The molecule has 0 aromatic heterocycles. The fraction of sp³-hybridized carbons (Fsp3) is 1.00. The van der Waals surface area contributed by atoms with Gasteiger partial charge in [0.2, 0.25) is 0 Å². The number of hydrogen-bond donors (Lipinski definition) is 1. The van der Waals surface area contributed by atoms with Gasteiger partial charge < -0.3 is 15.2 Å². The van der Waals surface area contributed by atoms with Gasteiger partial charge in [-0.05, 0) is 13.3 Å². The quantitative estimate of drug-likeness (QED) is 0.725. The molecule has 15 heavy (non-hydrogen) atoms. The maximum atomic E-state index is 6.20. The normalized spacial score (nSPS) is 24.8.